The van der Waals surface area contributed by atoms with Gasteiger partial charge in [-0.25, -0.2) is 0 Å². The van der Waals surface area contributed by atoms with E-state index in [0.717, 1.165) is 38.7 Å². The van der Waals surface area contributed by atoms with Crippen molar-refractivity contribution in [1.82, 2.24) is 0 Å². The van der Waals surface area contributed by atoms with E-state index in [-0.39, 0.29) is 12.0 Å². The van der Waals surface area contributed by atoms with Gasteiger partial charge in [-0.1, -0.05) is 51.0 Å². The first-order chi connectivity index (χ1) is 9.76. The second kappa shape index (κ2) is 7.58. The van der Waals surface area contributed by atoms with Crippen LogP contribution in [0.15, 0.2) is 24.3 Å². The normalized spacial score (nSPS) is 18.1. The molecule has 0 bridgehead atoms. The number of carbonyl (C=O) groups excluding carboxylic acids is 1. The Morgan fingerprint density at radius 3 is 2.65 bits per heavy atom. The lowest BCUT2D eigenvalue weighted by Crippen LogP contribution is -2.23. The lowest BCUT2D eigenvalue weighted by Gasteiger charge is -2.27. The van der Waals surface area contributed by atoms with E-state index in [1.165, 1.54) is 11.1 Å². The summed E-state index contributed by atoms with van der Waals surface area (Å²) < 4.78 is 5.86. The summed E-state index contributed by atoms with van der Waals surface area (Å²) in [7, 11) is 0. The Bertz CT molecular complexity index is 433. The standard InChI is InChI=1S/C18H26O2/c1-3-7-15(8-4-2)17(19)13-18-16-10-6-5-9-14(16)11-12-20-18/h5-6,9-10,15,18H,3-4,7-8,11-13H2,1-2H3. The van der Waals surface area contributed by atoms with Crippen LogP contribution in [-0.4, -0.2) is 12.4 Å². The summed E-state index contributed by atoms with van der Waals surface area (Å²) >= 11 is 0. The molecule has 0 saturated heterocycles. The summed E-state index contributed by atoms with van der Waals surface area (Å²) in [6, 6.07) is 8.38. The number of benzene rings is 1. The summed E-state index contributed by atoms with van der Waals surface area (Å²) in [5.41, 5.74) is 2.57. The number of ether oxygens (including phenoxy) is 1. The van der Waals surface area contributed by atoms with Gasteiger partial charge in [0, 0.05) is 12.3 Å². The third-order valence-electron chi connectivity index (χ3n) is 4.21. The van der Waals surface area contributed by atoms with E-state index in [1.807, 2.05) is 6.07 Å². The maximum atomic E-state index is 12.5. The molecule has 1 aromatic rings. The molecule has 2 rings (SSSR count). The molecule has 0 N–H and O–H groups in total. The minimum Gasteiger partial charge on any atom is -0.373 e. The molecule has 0 amide bonds. The number of hydrogen-bond donors (Lipinski definition) is 0. The SMILES string of the molecule is CCCC(CCC)C(=O)CC1OCCc2ccccc21. The van der Waals surface area contributed by atoms with Crippen LogP contribution in [0.25, 0.3) is 0 Å². The van der Waals surface area contributed by atoms with E-state index >= 15 is 0 Å². The molecule has 1 atom stereocenters. The molecule has 1 heterocycles. The molecule has 110 valence electrons. The van der Waals surface area contributed by atoms with Gasteiger partial charge in [0.15, 0.2) is 0 Å². The van der Waals surface area contributed by atoms with Gasteiger partial charge in [-0.3, -0.25) is 4.79 Å². The van der Waals surface area contributed by atoms with Crippen molar-refractivity contribution in [3.8, 4) is 0 Å². The molecule has 1 aromatic carbocycles. The highest BCUT2D eigenvalue weighted by Gasteiger charge is 2.26. The molecule has 1 aliphatic heterocycles. The Kier molecular flexibility index (Phi) is 5.78. The van der Waals surface area contributed by atoms with Crippen LogP contribution in [0.2, 0.25) is 0 Å². The third-order valence-corrected chi connectivity index (χ3v) is 4.21. The van der Waals surface area contributed by atoms with Crippen molar-refractivity contribution in [3.63, 3.8) is 0 Å². The van der Waals surface area contributed by atoms with Gasteiger partial charge in [-0.2, -0.15) is 0 Å². The molecule has 2 nitrogen and oxygen atoms in total. The van der Waals surface area contributed by atoms with Crippen molar-refractivity contribution in [2.24, 2.45) is 5.92 Å². The summed E-state index contributed by atoms with van der Waals surface area (Å²) in [6.45, 7) is 5.05. The molecule has 0 radical (unpaired) electrons. The number of hydrogen-bond acceptors (Lipinski definition) is 2. The Morgan fingerprint density at radius 1 is 1.25 bits per heavy atom. The Labute approximate surface area is 122 Å². The summed E-state index contributed by atoms with van der Waals surface area (Å²) in [6.07, 6.45) is 5.68. The van der Waals surface area contributed by atoms with Gasteiger partial charge in [0.25, 0.3) is 0 Å². The van der Waals surface area contributed by atoms with Crippen LogP contribution in [-0.2, 0) is 16.0 Å². The molecule has 1 aliphatic rings. The van der Waals surface area contributed by atoms with Crippen LogP contribution in [0.4, 0.5) is 0 Å². The first-order valence-corrected chi connectivity index (χ1v) is 7.98. The van der Waals surface area contributed by atoms with Crippen LogP contribution in [0.3, 0.4) is 0 Å². The van der Waals surface area contributed by atoms with Crippen molar-refractivity contribution >= 4 is 5.78 Å². The lowest BCUT2D eigenvalue weighted by atomic mass is 9.87. The number of Topliss-reactive ketones (excluding diaryl/α,β-unsaturated/α-hetero) is 1. The Morgan fingerprint density at radius 2 is 1.95 bits per heavy atom. The molecule has 0 spiro atoms. The van der Waals surface area contributed by atoms with Gasteiger partial charge in [0.2, 0.25) is 0 Å². The molecule has 0 aliphatic carbocycles. The maximum absolute atomic E-state index is 12.5. The Balaban J connectivity index is 2.04. The number of carbonyl (C=O) groups is 1. The van der Waals surface area contributed by atoms with E-state index in [9.17, 15) is 4.79 Å². The van der Waals surface area contributed by atoms with Gasteiger partial charge < -0.3 is 4.74 Å². The summed E-state index contributed by atoms with van der Waals surface area (Å²) in [4.78, 5) is 12.5. The van der Waals surface area contributed by atoms with E-state index in [1.54, 1.807) is 0 Å². The number of fused-ring (bicyclic) bond motifs is 1. The quantitative estimate of drug-likeness (QED) is 0.733. The molecule has 2 heteroatoms. The van der Waals surface area contributed by atoms with Gasteiger partial charge >= 0.3 is 0 Å². The van der Waals surface area contributed by atoms with Crippen molar-refractivity contribution in [2.75, 3.05) is 6.61 Å². The summed E-state index contributed by atoms with van der Waals surface area (Å²) in [5.74, 6) is 0.609. The van der Waals surface area contributed by atoms with Crippen LogP contribution in [0.1, 0.15) is 63.2 Å². The first-order valence-electron chi connectivity index (χ1n) is 7.98. The summed E-state index contributed by atoms with van der Waals surface area (Å²) in [5, 5.41) is 0. The highest BCUT2D eigenvalue weighted by atomic mass is 16.5. The first kappa shape index (κ1) is 15.2. The third kappa shape index (κ3) is 3.69. The van der Waals surface area contributed by atoms with Crippen LogP contribution in [0, 0.1) is 5.92 Å². The topological polar surface area (TPSA) is 26.3 Å². The average molecular weight is 274 g/mol. The van der Waals surface area contributed by atoms with E-state index in [0.29, 0.717) is 12.2 Å². The minimum atomic E-state index is -0.0244. The monoisotopic (exact) mass is 274 g/mol. The molecule has 0 aromatic heterocycles. The molecule has 0 saturated carbocycles. The highest BCUT2D eigenvalue weighted by Crippen LogP contribution is 2.31. The average Bonchev–Trinajstić information content (AvgIpc) is 2.47. The highest BCUT2D eigenvalue weighted by molar-refractivity contribution is 5.81. The second-order valence-corrected chi connectivity index (χ2v) is 5.75. The Hall–Kier alpha value is -1.15. The second-order valence-electron chi connectivity index (χ2n) is 5.75. The minimum absolute atomic E-state index is 0.0244. The van der Waals surface area contributed by atoms with Crippen molar-refractivity contribution in [2.45, 2.75) is 58.5 Å². The van der Waals surface area contributed by atoms with E-state index in [2.05, 4.69) is 32.0 Å². The fourth-order valence-corrected chi connectivity index (χ4v) is 3.16. The number of rotatable bonds is 7. The van der Waals surface area contributed by atoms with E-state index < -0.39 is 0 Å². The number of ketones is 1. The molecule has 1 unspecified atom stereocenters. The predicted octanol–water partition coefficient (Wildman–Crippen LogP) is 4.48. The van der Waals surface area contributed by atoms with Gasteiger partial charge in [0.05, 0.1) is 12.7 Å². The zero-order valence-corrected chi connectivity index (χ0v) is 12.7. The molecular weight excluding hydrogens is 248 g/mol. The fourth-order valence-electron chi connectivity index (χ4n) is 3.16. The van der Waals surface area contributed by atoms with Crippen molar-refractivity contribution in [3.05, 3.63) is 35.4 Å². The van der Waals surface area contributed by atoms with Crippen LogP contribution in [0.5, 0.6) is 0 Å². The van der Waals surface area contributed by atoms with Crippen LogP contribution < -0.4 is 0 Å². The fraction of sp³-hybridized carbons (Fsp3) is 0.611. The van der Waals surface area contributed by atoms with Crippen molar-refractivity contribution < 1.29 is 9.53 Å². The molecule has 20 heavy (non-hydrogen) atoms. The zero-order valence-electron chi connectivity index (χ0n) is 12.7. The smallest absolute Gasteiger partial charge is 0.138 e. The molecular formula is C18H26O2. The van der Waals surface area contributed by atoms with Crippen LogP contribution >= 0.6 is 0 Å². The molecule has 0 fully saturated rings. The van der Waals surface area contributed by atoms with Gasteiger partial charge in [-0.15, -0.1) is 0 Å². The van der Waals surface area contributed by atoms with E-state index in [4.69, 9.17) is 4.74 Å². The predicted molar refractivity (Wildman–Crippen MR) is 81.8 cm³/mol. The zero-order chi connectivity index (χ0) is 14.4. The van der Waals surface area contributed by atoms with Gasteiger partial charge in [0.1, 0.15) is 5.78 Å². The largest absolute Gasteiger partial charge is 0.373 e. The lowest BCUT2D eigenvalue weighted by molar-refractivity contribution is -0.126. The van der Waals surface area contributed by atoms with Gasteiger partial charge in [-0.05, 0) is 30.4 Å². The maximum Gasteiger partial charge on any atom is 0.138 e. The van der Waals surface area contributed by atoms with Crippen molar-refractivity contribution in [1.29, 1.82) is 0 Å².